The molecule has 0 saturated carbocycles. The van der Waals surface area contributed by atoms with E-state index in [1.165, 1.54) is 12.3 Å². The first kappa shape index (κ1) is 18.1. The lowest BCUT2D eigenvalue weighted by molar-refractivity contribution is 0.563. The molecule has 0 spiro atoms. The van der Waals surface area contributed by atoms with Crippen molar-refractivity contribution < 1.29 is 8.78 Å². The Balaban J connectivity index is 2.10. The molecule has 8 heteroatoms. The highest BCUT2D eigenvalue weighted by Crippen LogP contribution is 2.33. The number of nitrogens with one attached hydrogen (secondary N) is 1. The number of benzene rings is 2. The molecule has 0 radical (unpaired) electrons. The summed E-state index contributed by atoms with van der Waals surface area (Å²) < 4.78 is 30.4. The van der Waals surface area contributed by atoms with Gasteiger partial charge in [0.25, 0.3) is 5.56 Å². The molecule has 0 bridgehead atoms. The lowest BCUT2D eigenvalue weighted by Gasteiger charge is -2.07. The Morgan fingerprint density at radius 1 is 1.18 bits per heavy atom. The third-order valence-corrected chi connectivity index (χ3v) is 4.91. The number of hydrogen-bond donors (Lipinski definition) is 1. The van der Waals surface area contributed by atoms with Gasteiger partial charge in [-0.3, -0.25) is 4.79 Å². The molecule has 2 heterocycles. The van der Waals surface area contributed by atoms with E-state index in [0.717, 1.165) is 22.4 Å². The van der Waals surface area contributed by atoms with Crippen LogP contribution in [0.2, 0.25) is 0 Å². The third-order valence-electron chi connectivity index (χ3n) is 4.30. The van der Waals surface area contributed by atoms with E-state index in [0.29, 0.717) is 10.0 Å². The summed E-state index contributed by atoms with van der Waals surface area (Å²) in [7, 11) is 0. The van der Waals surface area contributed by atoms with E-state index in [9.17, 15) is 13.6 Å². The number of nitriles is 1. The molecule has 0 saturated heterocycles. The summed E-state index contributed by atoms with van der Waals surface area (Å²) in [6, 6.07) is 12.6. The van der Waals surface area contributed by atoms with Crippen LogP contribution in [0.4, 0.5) is 8.78 Å². The van der Waals surface area contributed by atoms with Crippen molar-refractivity contribution in [3.05, 3.63) is 80.7 Å². The zero-order chi connectivity index (χ0) is 19.8. The summed E-state index contributed by atoms with van der Waals surface area (Å²) in [6.07, 6.45) is 1.59. The van der Waals surface area contributed by atoms with Crippen LogP contribution in [0, 0.1) is 23.0 Å². The van der Waals surface area contributed by atoms with Gasteiger partial charge in [-0.25, -0.2) is 13.5 Å². The van der Waals surface area contributed by atoms with Crippen LogP contribution in [0.1, 0.15) is 5.56 Å². The van der Waals surface area contributed by atoms with Gasteiger partial charge in [0.2, 0.25) is 0 Å². The van der Waals surface area contributed by atoms with Crippen LogP contribution in [0.5, 0.6) is 0 Å². The molecular weight excluding hydrogens is 430 g/mol. The monoisotopic (exact) mass is 440 g/mol. The minimum atomic E-state index is -0.804. The van der Waals surface area contributed by atoms with E-state index in [1.807, 2.05) is 0 Å². The molecule has 0 amide bonds. The van der Waals surface area contributed by atoms with Gasteiger partial charge in [-0.2, -0.15) is 10.4 Å². The summed E-state index contributed by atoms with van der Waals surface area (Å²) >= 11 is 3.33. The Morgan fingerprint density at radius 3 is 2.61 bits per heavy atom. The number of halogens is 3. The molecule has 4 rings (SSSR count). The molecule has 1 N–H and O–H groups in total. The van der Waals surface area contributed by atoms with Crippen molar-refractivity contribution in [3.8, 4) is 23.0 Å². The minimum Gasteiger partial charge on any atom is -0.327 e. The van der Waals surface area contributed by atoms with Gasteiger partial charge in [0.05, 0.1) is 27.9 Å². The molecule has 0 aliphatic carbocycles. The molecule has 0 aliphatic rings. The molecule has 138 valence electrons. The molecule has 0 unspecified atom stereocenters. The minimum absolute atomic E-state index is 0.186. The Labute approximate surface area is 166 Å². The predicted octanol–water partition coefficient (Wildman–Crippen LogP) is 4.49. The topological polar surface area (TPSA) is 74.5 Å². The van der Waals surface area contributed by atoms with Gasteiger partial charge in [0.15, 0.2) is 11.6 Å². The van der Waals surface area contributed by atoms with Crippen LogP contribution in [-0.4, -0.2) is 14.8 Å². The highest BCUT2D eigenvalue weighted by molar-refractivity contribution is 9.10. The lowest BCUT2D eigenvalue weighted by Crippen LogP contribution is -2.07. The molecule has 0 aliphatic heterocycles. The molecule has 2 aromatic heterocycles. The van der Waals surface area contributed by atoms with Gasteiger partial charge in [0.1, 0.15) is 11.4 Å². The molecule has 0 atom stereocenters. The number of fused-ring (bicyclic) bond motifs is 1. The molecular formula is C20H11BrF2N4O. The molecule has 5 nitrogen and oxygen atoms in total. The zero-order valence-electron chi connectivity index (χ0n) is 14.2. The SMILES string of the molecule is N#CCc1cccc(-c2nn(-c3c(F)cccc3F)c3c(Br)c[nH]c(=O)c23)c1. The number of hydrogen-bond acceptors (Lipinski definition) is 3. The first-order valence-corrected chi connectivity index (χ1v) is 9.01. The normalized spacial score (nSPS) is 10.9. The fourth-order valence-corrected chi connectivity index (χ4v) is 3.58. The van der Waals surface area contributed by atoms with Crippen LogP contribution in [0.3, 0.4) is 0 Å². The first-order chi connectivity index (χ1) is 13.5. The summed E-state index contributed by atoms with van der Waals surface area (Å²) in [5, 5.41) is 13.5. The van der Waals surface area contributed by atoms with E-state index in [-0.39, 0.29) is 28.7 Å². The average Bonchev–Trinajstić information content (AvgIpc) is 3.07. The second-order valence-corrected chi connectivity index (χ2v) is 6.91. The molecule has 28 heavy (non-hydrogen) atoms. The van der Waals surface area contributed by atoms with E-state index in [2.05, 4.69) is 32.1 Å². The van der Waals surface area contributed by atoms with E-state index in [1.54, 1.807) is 24.3 Å². The smallest absolute Gasteiger partial charge is 0.259 e. The van der Waals surface area contributed by atoms with Crippen LogP contribution in [0.15, 0.2) is 57.9 Å². The van der Waals surface area contributed by atoms with Gasteiger partial charge in [-0.15, -0.1) is 0 Å². The van der Waals surface area contributed by atoms with Crippen LogP contribution in [-0.2, 0) is 6.42 Å². The number of rotatable bonds is 3. The third kappa shape index (κ3) is 2.90. The Morgan fingerprint density at radius 2 is 1.89 bits per heavy atom. The fourth-order valence-electron chi connectivity index (χ4n) is 3.10. The Bertz CT molecular complexity index is 1300. The van der Waals surface area contributed by atoms with Crippen molar-refractivity contribution in [2.45, 2.75) is 6.42 Å². The number of para-hydroxylation sites is 1. The maximum Gasteiger partial charge on any atom is 0.259 e. The Kier molecular flexibility index (Phi) is 4.53. The Hall–Kier alpha value is -3.31. The van der Waals surface area contributed by atoms with Gasteiger partial charge in [-0.1, -0.05) is 24.3 Å². The first-order valence-electron chi connectivity index (χ1n) is 8.22. The maximum absolute atomic E-state index is 14.4. The molecule has 4 aromatic rings. The fraction of sp³-hybridized carbons (Fsp3) is 0.0500. The quantitative estimate of drug-likeness (QED) is 0.509. The maximum atomic E-state index is 14.4. The predicted molar refractivity (Wildman–Crippen MR) is 104 cm³/mol. The summed E-state index contributed by atoms with van der Waals surface area (Å²) in [4.78, 5) is 15.2. The van der Waals surface area contributed by atoms with E-state index in [4.69, 9.17) is 5.26 Å². The number of aromatic nitrogens is 3. The van der Waals surface area contributed by atoms with Crippen molar-refractivity contribution in [1.82, 2.24) is 14.8 Å². The average molecular weight is 441 g/mol. The van der Waals surface area contributed by atoms with Crippen molar-refractivity contribution in [3.63, 3.8) is 0 Å². The molecule has 2 aromatic carbocycles. The van der Waals surface area contributed by atoms with Gasteiger partial charge in [0, 0.05) is 11.8 Å². The lowest BCUT2D eigenvalue weighted by atomic mass is 10.0. The highest BCUT2D eigenvalue weighted by atomic mass is 79.9. The van der Waals surface area contributed by atoms with Gasteiger partial charge in [-0.05, 0) is 39.7 Å². The van der Waals surface area contributed by atoms with Gasteiger partial charge >= 0.3 is 0 Å². The second kappa shape index (κ2) is 7.02. The number of nitrogens with zero attached hydrogens (tertiary/aromatic N) is 3. The van der Waals surface area contributed by atoms with Crippen molar-refractivity contribution >= 4 is 26.8 Å². The number of aromatic amines is 1. The van der Waals surface area contributed by atoms with Crippen LogP contribution < -0.4 is 5.56 Å². The van der Waals surface area contributed by atoms with E-state index < -0.39 is 17.2 Å². The highest BCUT2D eigenvalue weighted by Gasteiger charge is 2.22. The number of pyridine rings is 1. The zero-order valence-corrected chi connectivity index (χ0v) is 15.8. The van der Waals surface area contributed by atoms with Gasteiger partial charge < -0.3 is 4.98 Å². The van der Waals surface area contributed by atoms with Crippen molar-refractivity contribution in [1.29, 1.82) is 5.26 Å². The largest absolute Gasteiger partial charge is 0.327 e. The number of H-pyrrole nitrogens is 1. The van der Waals surface area contributed by atoms with Crippen molar-refractivity contribution in [2.24, 2.45) is 0 Å². The van der Waals surface area contributed by atoms with E-state index >= 15 is 0 Å². The van der Waals surface area contributed by atoms with Crippen molar-refractivity contribution in [2.75, 3.05) is 0 Å². The summed E-state index contributed by atoms with van der Waals surface area (Å²) in [5.74, 6) is -1.61. The summed E-state index contributed by atoms with van der Waals surface area (Å²) in [5.41, 5.74) is 0.997. The van der Waals surface area contributed by atoms with Crippen LogP contribution in [0.25, 0.3) is 27.8 Å². The summed E-state index contributed by atoms with van der Waals surface area (Å²) in [6.45, 7) is 0. The molecule has 0 fully saturated rings. The van der Waals surface area contributed by atoms with Crippen LogP contribution >= 0.6 is 15.9 Å². The standard InChI is InChI=1S/C20H11BrF2N4O/c21-13-10-25-20(28)16-17(12-4-1-3-11(9-12)7-8-24)26-27(18(13)16)19-14(22)5-2-6-15(19)23/h1-6,9-10H,7H2,(H,25,28). The second-order valence-electron chi connectivity index (χ2n) is 6.06.